The van der Waals surface area contributed by atoms with Gasteiger partial charge in [0, 0.05) is 6.07 Å². The molecular weight excluding hydrogens is 220 g/mol. The molecule has 7 heteroatoms. The van der Waals surface area contributed by atoms with Gasteiger partial charge in [0.05, 0.1) is 4.92 Å². The predicted octanol–water partition coefficient (Wildman–Crippen LogP) is 0.811. The Balaban J connectivity index is 3.59. The first-order chi connectivity index (χ1) is 6.90. The van der Waals surface area contributed by atoms with Crippen LogP contribution in [0.25, 0.3) is 0 Å². The van der Waals surface area contributed by atoms with E-state index in [2.05, 4.69) is 4.72 Å². The molecule has 1 aromatic carbocycles. The van der Waals surface area contributed by atoms with Gasteiger partial charge in [0.25, 0.3) is 5.69 Å². The average molecular weight is 230 g/mol. The highest BCUT2D eigenvalue weighted by Gasteiger charge is 2.26. The Hall–Kier alpha value is -1.47. The van der Waals surface area contributed by atoms with Crippen LogP contribution in [0.4, 0.5) is 5.69 Å². The molecule has 82 valence electrons. The van der Waals surface area contributed by atoms with E-state index >= 15 is 0 Å². The van der Waals surface area contributed by atoms with Gasteiger partial charge < -0.3 is 0 Å². The molecule has 0 aliphatic rings. The number of aryl methyl sites for hydroxylation is 1. The van der Waals surface area contributed by atoms with E-state index in [1.807, 2.05) is 0 Å². The Kier molecular flexibility index (Phi) is 3.06. The highest BCUT2D eigenvalue weighted by atomic mass is 32.2. The van der Waals surface area contributed by atoms with Gasteiger partial charge in [-0.2, -0.15) is 0 Å². The lowest BCUT2D eigenvalue weighted by Crippen LogP contribution is -2.20. The zero-order chi connectivity index (χ0) is 11.6. The molecule has 0 aromatic heterocycles. The third-order valence-corrected chi connectivity index (χ3v) is 3.53. The van der Waals surface area contributed by atoms with Crippen LogP contribution in [0.5, 0.6) is 0 Å². The maximum atomic E-state index is 11.5. The molecule has 0 amide bonds. The highest BCUT2D eigenvalue weighted by molar-refractivity contribution is 7.89. The summed E-state index contributed by atoms with van der Waals surface area (Å²) in [6.07, 6.45) is 0. The molecule has 1 rings (SSSR count). The summed E-state index contributed by atoms with van der Waals surface area (Å²) in [6, 6.07) is 4.12. The third kappa shape index (κ3) is 2.13. The van der Waals surface area contributed by atoms with E-state index in [1.165, 1.54) is 26.1 Å². The van der Waals surface area contributed by atoms with Crippen LogP contribution in [-0.4, -0.2) is 20.4 Å². The van der Waals surface area contributed by atoms with E-state index in [1.54, 1.807) is 0 Å². The van der Waals surface area contributed by atoms with Crippen molar-refractivity contribution in [1.82, 2.24) is 4.72 Å². The number of hydrogen-bond acceptors (Lipinski definition) is 4. The molecule has 1 aromatic rings. The zero-order valence-corrected chi connectivity index (χ0v) is 9.04. The van der Waals surface area contributed by atoms with Gasteiger partial charge in [0.2, 0.25) is 10.0 Å². The Morgan fingerprint density at radius 2 is 2.00 bits per heavy atom. The van der Waals surface area contributed by atoms with Crippen LogP contribution < -0.4 is 4.72 Å². The summed E-state index contributed by atoms with van der Waals surface area (Å²) < 4.78 is 25.1. The van der Waals surface area contributed by atoms with Crippen LogP contribution in [0.15, 0.2) is 23.1 Å². The standard InChI is InChI=1S/C8H10N2O4S/c1-6-4-3-5-7(10(11)12)8(6)15(13,14)9-2/h3-5,9H,1-2H3. The Bertz CT molecular complexity index is 495. The number of nitro groups is 1. The fourth-order valence-corrected chi connectivity index (χ4v) is 2.35. The van der Waals surface area contributed by atoms with Gasteiger partial charge >= 0.3 is 0 Å². The van der Waals surface area contributed by atoms with Crippen LogP contribution in [0.2, 0.25) is 0 Å². The van der Waals surface area contributed by atoms with Crippen molar-refractivity contribution in [3.8, 4) is 0 Å². The summed E-state index contributed by atoms with van der Waals surface area (Å²) in [5, 5.41) is 10.6. The number of nitrogens with zero attached hydrogens (tertiary/aromatic N) is 1. The maximum Gasteiger partial charge on any atom is 0.289 e. The van der Waals surface area contributed by atoms with Crippen molar-refractivity contribution < 1.29 is 13.3 Å². The Morgan fingerprint density at radius 1 is 1.40 bits per heavy atom. The number of sulfonamides is 1. The number of rotatable bonds is 3. The van der Waals surface area contributed by atoms with E-state index in [0.29, 0.717) is 5.56 Å². The molecule has 1 N–H and O–H groups in total. The number of nitro benzene ring substituents is 1. The first-order valence-corrected chi connectivity index (χ1v) is 5.56. The summed E-state index contributed by atoms with van der Waals surface area (Å²) >= 11 is 0. The van der Waals surface area contributed by atoms with Crippen LogP contribution in [-0.2, 0) is 10.0 Å². The molecule has 0 unspecified atom stereocenters. The second-order valence-corrected chi connectivity index (χ2v) is 4.71. The summed E-state index contributed by atoms with van der Waals surface area (Å²) in [7, 11) is -2.58. The lowest BCUT2D eigenvalue weighted by atomic mass is 10.2. The fraction of sp³-hybridized carbons (Fsp3) is 0.250. The Morgan fingerprint density at radius 3 is 2.47 bits per heavy atom. The van der Waals surface area contributed by atoms with Crippen molar-refractivity contribution in [2.24, 2.45) is 0 Å². The van der Waals surface area contributed by atoms with Crippen molar-refractivity contribution in [2.75, 3.05) is 7.05 Å². The smallest absolute Gasteiger partial charge is 0.258 e. The topological polar surface area (TPSA) is 89.3 Å². The first kappa shape index (κ1) is 11.6. The molecular formula is C8H10N2O4S. The Labute approximate surface area is 87.1 Å². The maximum absolute atomic E-state index is 11.5. The molecule has 0 bridgehead atoms. The molecule has 0 radical (unpaired) electrons. The summed E-state index contributed by atoms with van der Waals surface area (Å²) in [4.78, 5) is 9.66. The molecule has 0 aliphatic heterocycles. The third-order valence-electron chi connectivity index (χ3n) is 1.93. The number of nitrogens with one attached hydrogen (secondary N) is 1. The zero-order valence-electron chi connectivity index (χ0n) is 8.22. The van der Waals surface area contributed by atoms with Gasteiger partial charge in [0.1, 0.15) is 0 Å². The molecule has 0 saturated heterocycles. The molecule has 0 atom stereocenters. The first-order valence-electron chi connectivity index (χ1n) is 4.07. The van der Waals surface area contributed by atoms with Crippen LogP contribution in [0.1, 0.15) is 5.56 Å². The molecule has 0 aliphatic carbocycles. The van der Waals surface area contributed by atoms with E-state index < -0.39 is 20.6 Å². The van der Waals surface area contributed by atoms with Crippen molar-refractivity contribution in [1.29, 1.82) is 0 Å². The predicted molar refractivity (Wildman–Crippen MR) is 54.1 cm³/mol. The normalized spacial score (nSPS) is 11.3. The van der Waals surface area contributed by atoms with Gasteiger partial charge in [-0.05, 0) is 19.5 Å². The van der Waals surface area contributed by atoms with E-state index in [9.17, 15) is 18.5 Å². The van der Waals surface area contributed by atoms with Gasteiger partial charge in [-0.3, -0.25) is 10.1 Å². The summed E-state index contributed by atoms with van der Waals surface area (Å²) in [5.74, 6) is 0. The minimum Gasteiger partial charge on any atom is -0.258 e. The van der Waals surface area contributed by atoms with Crippen LogP contribution in [0.3, 0.4) is 0 Å². The lowest BCUT2D eigenvalue weighted by molar-refractivity contribution is -0.387. The quantitative estimate of drug-likeness (QED) is 0.614. The minimum absolute atomic E-state index is 0.280. The van der Waals surface area contributed by atoms with Crippen molar-refractivity contribution >= 4 is 15.7 Å². The highest BCUT2D eigenvalue weighted by Crippen LogP contribution is 2.26. The largest absolute Gasteiger partial charge is 0.289 e. The second kappa shape index (κ2) is 3.95. The SMILES string of the molecule is CNS(=O)(=O)c1c(C)cccc1[N+](=O)[O-]. The average Bonchev–Trinajstić information content (AvgIpc) is 2.17. The monoisotopic (exact) mass is 230 g/mol. The molecule has 0 fully saturated rings. The second-order valence-electron chi connectivity index (χ2n) is 2.89. The van der Waals surface area contributed by atoms with Gasteiger partial charge in [-0.15, -0.1) is 0 Å². The molecule has 0 saturated carbocycles. The van der Waals surface area contributed by atoms with Gasteiger partial charge in [0.15, 0.2) is 4.90 Å². The van der Waals surface area contributed by atoms with E-state index in [4.69, 9.17) is 0 Å². The van der Waals surface area contributed by atoms with Gasteiger partial charge in [-0.1, -0.05) is 12.1 Å². The van der Waals surface area contributed by atoms with Crippen molar-refractivity contribution in [3.05, 3.63) is 33.9 Å². The van der Waals surface area contributed by atoms with E-state index in [-0.39, 0.29) is 4.90 Å². The summed E-state index contributed by atoms with van der Waals surface area (Å²) in [6.45, 7) is 1.51. The van der Waals surface area contributed by atoms with Crippen LogP contribution in [0, 0.1) is 17.0 Å². The lowest BCUT2D eigenvalue weighted by Gasteiger charge is -2.06. The summed E-state index contributed by atoms with van der Waals surface area (Å²) in [5.41, 5.74) is -0.0668. The molecule has 0 heterocycles. The number of hydrogen-bond donors (Lipinski definition) is 1. The molecule has 6 nitrogen and oxygen atoms in total. The molecule has 0 spiro atoms. The molecule has 15 heavy (non-hydrogen) atoms. The minimum atomic E-state index is -3.80. The number of benzene rings is 1. The van der Waals surface area contributed by atoms with Gasteiger partial charge in [-0.25, -0.2) is 13.1 Å². The van der Waals surface area contributed by atoms with Crippen molar-refractivity contribution in [2.45, 2.75) is 11.8 Å². The fourth-order valence-electron chi connectivity index (χ4n) is 1.23. The van der Waals surface area contributed by atoms with E-state index in [0.717, 1.165) is 6.07 Å². The van der Waals surface area contributed by atoms with Crippen molar-refractivity contribution in [3.63, 3.8) is 0 Å². The van der Waals surface area contributed by atoms with Crippen LogP contribution >= 0.6 is 0 Å².